The Hall–Kier alpha value is -2.49. The number of nitrogens with zero attached hydrogens (tertiary/aromatic N) is 1. The minimum absolute atomic E-state index is 0.0490. The van der Waals surface area contributed by atoms with Crippen LogP contribution in [0.3, 0.4) is 0 Å². The Bertz CT molecular complexity index is 743. The fraction of sp³-hybridized carbons (Fsp3) is 0.409. The van der Waals surface area contributed by atoms with Crippen LogP contribution >= 0.6 is 0 Å². The number of para-hydroxylation sites is 1. The molecule has 0 bridgehead atoms. The molecule has 1 saturated heterocycles. The molecule has 2 aromatic rings. The quantitative estimate of drug-likeness (QED) is 0.847. The summed E-state index contributed by atoms with van der Waals surface area (Å²) >= 11 is 0. The van der Waals surface area contributed by atoms with E-state index in [9.17, 15) is 4.79 Å². The van der Waals surface area contributed by atoms with E-state index in [0.29, 0.717) is 12.0 Å². The SMILES string of the molecule is Cc1cc(OCC(=O)N2CCC(Nc3ccccc3)C2)ccc1C(C)C. The number of amides is 1. The first-order chi connectivity index (χ1) is 12.5. The van der Waals surface area contributed by atoms with Gasteiger partial charge >= 0.3 is 0 Å². The van der Waals surface area contributed by atoms with Crippen LogP contribution in [0.4, 0.5) is 5.69 Å². The third-order valence-electron chi connectivity index (χ3n) is 4.91. The highest BCUT2D eigenvalue weighted by molar-refractivity contribution is 5.78. The van der Waals surface area contributed by atoms with Gasteiger partial charge in [-0.05, 0) is 54.7 Å². The van der Waals surface area contributed by atoms with Gasteiger partial charge in [-0.25, -0.2) is 0 Å². The zero-order valence-electron chi connectivity index (χ0n) is 15.9. The van der Waals surface area contributed by atoms with Crippen molar-refractivity contribution in [3.05, 3.63) is 59.7 Å². The summed E-state index contributed by atoms with van der Waals surface area (Å²) in [5, 5.41) is 3.49. The van der Waals surface area contributed by atoms with Gasteiger partial charge in [0.15, 0.2) is 6.61 Å². The highest BCUT2D eigenvalue weighted by atomic mass is 16.5. The van der Waals surface area contributed by atoms with Gasteiger partial charge in [-0.15, -0.1) is 0 Å². The molecule has 4 nitrogen and oxygen atoms in total. The molecule has 2 aromatic carbocycles. The third kappa shape index (κ3) is 4.57. The highest BCUT2D eigenvalue weighted by Gasteiger charge is 2.26. The fourth-order valence-electron chi connectivity index (χ4n) is 3.50. The summed E-state index contributed by atoms with van der Waals surface area (Å²) in [6.45, 7) is 8.04. The van der Waals surface area contributed by atoms with Crippen molar-refractivity contribution >= 4 is 11.6 Å². The number of likely N-dealkylation sites (tertiary alicyclic amines) is 1. The normalized spacial score (nSPS) is 16.8. The second-order valence-corrected chi connectivity index (χ2v) is 7.30. The Labute approximate surface area is 156 Å². The van der Waals surface area contributed by atoms with Crippen LogP contribution in [0.1, 0.15) is 37.3 Å². The van der Waals surface area contributed by atoms with E-state index in [1.54, 1.807) is 0 Å². The Morgan fingerprint density at radius 2 is 2.00 bits per heavy atom. The lowest BCUT2D eigenvalue weighted by Gasteiger charge is -2.18. The number of ether oxygens (including phenoxy) is 1. The van der Waals surface area contributed by atoms with E-state index < -0.39 is 0 Å². The van der Waals surface area contributed by atoms with Crippen molar-refractivity contribution in [3.8, 4) is 5.75 Å². The summed E-state index contributed by atoms with van der Waals surface area (Å²) in [7, 11) is 0. The van der Waals surface area contributed by atoms with Gasteiger partial charge in [0.05, 0.1) is 0 Å². The number of hydrogen-bond donors (Lipinski definition) is 1. The zero-order chi connectivity index (χ0) is 18.5. The zero-order valence-corrected chi connectivity index (χ0v) is 15.9. The largest absolute Gasteiger partial charge is 0.484 e. The topological polar surface area (TPSA) is 41.6 Å². The van der Waals surface area contributed by atoms with E-state index in [1.165, 1.54) is 11.1 Å². The van der Waals surface area contributed by atoms with Crippen LogP contribution in [0, 0.1) is 6.92 Å². The Morgan fingerprint density at radius 3 is 2.69 bits per heavy atom. The number of benzene rings is 2. The maximum Gasteiger partial charge on any atom is 0.260 e. The molecule has 1 atom stereocenters. The number of nitrogens with one attached hydrogen (secondary N) is 1. The minimum atomic E-state index is 0.0490. The van der Waals surface area contributed by atoms with Crippen molar-refractivity contribution < 1.29 is 9.53 Å². The van der Waals surface area contributed by atoms with Crippen molar-refractivity contribution in [1.29, 1.82) is 0 Å². The van der Waals surface area contributed by atoms with Crippen LogP contribution in [0.25, 0.3) is 0 Å². The molecular weight excluding hydrogens is 324 g/mol. The lowest BCUT2D eigenvalue weighted by molar-refractivity contribution is -0.132. The Morgan fingerprint density at radius 1 is 1.23 bits per heavy atom. The van der Waals surface area contributed by atoms with Gasteiger partial charge in [0.1, 0.15) is 5.75 Å². The predicted octanol–water partition coefficient (Wildman–Crippen LogP) is 4.21. The third-order valence-corrected chi connectivity index (χ3v) is 4.91. The Balaban J connectivity index is 1.49. The molecule has 0 saturated carbocycles. The first-order valence-corrected chi connectivity index (χ1v) is 9.35. The number of rotatable bonds is 6. The smallest absolute Gasteiger partial charge is 0.260 e. The first-order valence-electron chi connectivity index (χ1n) is 9.35. The molecule has 1 unspecified atom stereocenters. The molecule has 138 valence electrons. The number of aryl methyl sites for hydroxylation is 1. The molecule has 0 radical (unpaired) electrons. The van der Waals surface area contributed by atoms with E-state index >= 15 is 0 Å². The van der Waals surface area contributed by atoms with Crippen LogP contribution in [-0.2, 0) is 4.79 Å². The van der Waals surface area contributed by atoms with Crippen LogP contribution in [0.2, 0.25) is 0 Å². The number of hydrogen-bond acceptors (Lipinski definition) is 3. The number of carbonyl (C=O) groups excluding carboxylic acids is 1. The van der Waals surface area contributed by atoms with Crippen LogP contribution in [-0.4, -0.2) is 36.5 Å². The summed E-state index contributed by atoms with van der Waals surface area (Å²) in [6.07, 6.45) is 0.961. The molecule has 0 aromatic heterocycles. The molecule has 1 amide bonds. The summed E-state index contributed by atoms with van der Waals surface area (Å²) in [5.74, 6) is 1.30. The van der Waals surface area contributed by atoms with Crippen LogP contribution in [0.5, 0.6) is 5.75 Å². The van der Waals surface area contributed by atoms with Crippen LogP contribution < -0.4 is 10.1 Å². The summed E-state index contributed by atoms with van der Waals surface area (Å²) in [6, 6.07) is 16.5. The van der Waals surface area contributed by atoms with E-state index in [-0.39, 0.29) is 12.5 Å². The van der Waals surface area contributed by atoms with Crippen molar-refractivity contribution in [3.63, 3.8) is 0 Å². The lowest BCUT2D eigenvalue weighted by Crippen LogP contribution is -2.35. The molecule has 1 fully saturated rings. The second kappa shape index (κ2) is 8.26. The monoisotopic (exact) mass is 352 g/mol. The van der Waals surface area contributed by atoms with Crippen molar-refractivity contribution in [2.45, 2.75) is 39.2 Å². The molecule has 0 aliphatic carbocycles. The summed E-state index contributed by atoms with van der Waals surface area (Å²) in [4.78, 5) is 14.3. The summed E-state index contributed by atoms with van der Waals surface area (Å²) in [5.41, 5.74) is 3.63. The maximum atomic E-state index is 12.4. The molecule has 1 heterocycles. The van der Waals surface area contributed by atoms with E-state index in [4.69, 9.17) is 4.74 Å². The maximum absolute atomic E-state index is 12.4. The molecule has 1 aliphatic rings. The van der Waals surface area contributed by atoms with Gasteiger partial charge < -0.3 is 15.0 Å². The second-order valence-electron chi connectivity index (χ2n) is 7.30. The average molecular weight is 352 g/mol. The van der Waals surface area contributed by atoms with Gasteiger partial charge in [-0.1, -0.05) is 38.1 Å². The molecule has 26 heavy (non-hydrogen) atoms. The molecular formula is C22H28N2O2. The van der Waals surface area contributed by atoms with Crippen molar-refractivity contribution in [1.82, 2.24) is 4.90 Å². The van der Waals surface area contributed by atoms with Crippen molar-refractivity contribution in [2.75, 3.05) is 25.0 Å². The van der Waals surface area contributed by atoms with Gasteiger partial charge in [-0.3, -0.25) is 4.79 Å². The summed E-state index contributed by atoms with van der Waals surface area (Å²) < 4.78 is 5.74. The Kier molecular flexibility index (Phi) is 5.82. The van der Waals surface area contributed by atoms with E-state index in [0.717, 1.165) is 30.9 Å². The van der Waals surface area contributed by atoms with E-state index in [2.05, 4.69) is 44.3 Å². The van der Waals surface area contributed by atoms with Gasteiger partial charge in [0.2, 0.25) is 0 Å². The molecule has 4 heteroatoms. The average Bonchev–Trinajstić information content (AvgIpc) is 3.09. The molecule has 1 aliphatic heterocycles. The lowest BCUT2D eigenvalue weighted by atomic mass is 9.98. The number of carbonyl (C=O) groups is 1. The highest BCUT2D eigenvalue weighted by Crippen LogP contribution is 2.23. The standard InChI is InChI=1S/C22H28N2O2/c1-16(2)21-10-9-20(13-17(21)3)26-15-22(25)24-12-11-19(14-24)23-18-7-5-4-6-8-18/h4-10,13,16,19,23H,11-12,14-15H2,1-3H3. The fourth-order valence-corrected chi connectivity index (χ4v) is 3.50. The predicted molar refractivity (Wildman–Crippen MR) is 106 cm³/mol. The van der Waals surface area contributed by atoms with Crippen LogP contribution in [0.15, 0.2) is 48.5 Å². The van der Waals surface area contributed by atoms with Crippen molar-refractivity contribution in [2.24, 2.45) is 0 Å². The molecule has 3 rings (SSSR count). The molecule has 1 N–H and O–H groups in total. The number of anilines is 1. The molecule has 0 spiro atoms. The van der Waals surface area contributed by atoms with Gasteiger partial charge in [0.25, 0.3) is 5.91 Å². The van der Waals surface area contributed by atoms with Gasteiger partial charge in [0, 0.05) is 24.8 Å². The van der Waals surface area contributed by atoms with E-state index in [1.807, 2.05) is 35.2 Å². The first kappa shape index (κ1) is 18.3. The van der Waals surface area contributed by atoms with Gasteiger partial charge in [-0.2, -0.15) is 0 Å². The minimum Gasteiger partial charge on any atom is -0.484 e.